The third kappa shape index (κ3) is 3.40. The number of aromatic carboxylic acids is 1. The van der Waals surface area contributed by atoms with Crippen LogP contribution in [0.2, 0.25) is 0 Å². The lowest BCUT2D eigenvalue weighted by Crippen LogP contribution is -2.25. The molecule has 0 fully saturated rings. The van der Waals surface area contributed by atoms with Crippen LogP contribution < -0.4 is 4.74 Å². The Morgan fingerprint density at radius 3 is 2.46 bits per heavy atom. The van der Waals surface area contributed by atoms with Gasteiger partial charge in [0, 0.05) is 19.5 Å². The van der Waals surface area contributed by atoms with Gasteiger partial charge in [0.15, 0.2) is 0 Å². The van der Waals surface area contributed by atoms with Gasteiger partial charge in [-0.05, 0) is 47.4 Å². The lowest BCUT2D eigenvalue weighted by Gasteiger charge is -2.15. The second-order valence-electron chi connectivity index (χ2n) is 5.89. The molecule has 24 heavy (non-hydrogen) atoms. The Morgan fingerprint density at radius 1 is 1.08 bits per heavy atom. The topological polar surface area (TPSA) is 66.8 Å². The van der Waals surface area contributed by atoms with E-state index in [0.29, 0.717) is 25.9 Å². The van der Waals surface area contributed by atoms with E-state index in [1.54, 1.807) is 31.4 Å². The lowest BCUT2D eigenvalue weighted by molar-refractivity contribution is -0.131. The van der Waals surface area contributed by atoms with Crippen molar-refractivity contribution in [2.45, 2.75) is 25.9 Å². The Morgan fingerprint density at radius 2 is 1.79 bits per heavy atom. The maximum atomic E-state index is 12.4. The molecule has 0 aliphatic carbocycles. The van der Waals surface area contributed by atoms with Crippen LogP contribution in [0.3, 0.4) is 0 Å². The number of ether oxygens (including phenoxy) is 1. The van der Waals surface area contributed by atoms with Crippen LogP contribution in [0.1, 0.15) is 33.5 Å². The molecule has 0 spiro atoms. The van der Waals surface area contributed by atoms with Crippen LogP contribution in [0.15, 0.2) is 42.5 Å². The van der Waals surface area contributed by atoms with Crippen LogP contribution in [-0.2, 0) is 24.3 Å². The largest absolute Gasteiger partial charge is 0.497 e. The number of carboxylic acids is 1. The van der Waals surface area contributed by atoms with Crippen molar-refractivity contribution in [2.24, 2.45) is 0 Å². The molecule has 5 heteroatoms. The standard InChI is InChI=1S/C19H19NO4/c1-24-17-8-7-15-11-20(12-16(15)10-17)18(21)9-4-13-2-5-14(6-3-13)19(22)23/h2-3,5-8,10H,4,9,11-12H2,1H3,(H,22,23). The van der Waals surface area contributed by atoms with Gasteiger partial charge in [-0.1, -0.05) is 18.2 Å². The number of hydrogen-bond donors (Lipinski definition) is 1. The second-order valence-corrected chi connectivity index (χ2v) is 5.89. The molecule has 5 nitrogen and oxygen atoms in total. The minimum Gasteiger partial charge on any atom is -0.497 e. The SMILES string of the molecule is COc1ccc2c(c1)CN(C(=O)CCc1ccc(C(=O)O)cc1)C2. The van der Waals surface area contributed by atoms with E-state index in [2.05, 4.69) is 0 Å². The number of fused-ring (bicyclic) bond motifs is 1. The molecule has 0 bridgehead atoms. The lowest BCUT2D eigenvalue weighted by atomic mass is 10.1. The van der Waals surface area contributed by atoms with Crippen LogP contribution in [-0.4, -0.2) is 29.0 Å². The number of methoxy groups -OCH3 is 1. The van der Waals surface area contributed by atoms with E-state index < -0.39 is 5.97 Å². The third-order valence-electron chi connectivity index (χ3n) is 4.32. The first-order chi connectivity index (χ1) is 11.6. The highest BCUT2D eigenvalue weighted by Crippen LogP contribution is 2.27. The average molecular weight is 325 g/mol. The zero-order valence-electron chi connectivity index (χ0n) is 13.5. The van der Waals surface area contributed by atoms with Crippen molar-refractivity contribution in [1.82, 2.24) is 4.90 Å². The van der Waals surface area contributed by atoms with Crippen LogP contribution in [0.25, 0.3) is 0 Å². The van der Waals surface area contributed by atoms with Crippen molar-refractivity contribution < 1.29 is 19.4 Å². The molecule has 1 aliphatic rings. The van der Waals surface area contributed by atoms with Crippen molar-refractivity contribution >= 4 is 11.9 Å². The highest BCUT2D eigenvalue weighted by Gasteiger charge is 2.23. The highest BCUT2D eigenvalue weighted by atomic mass is 16.5. The molecule has 0 atom stereocenters. The van der Waals surface area contributed by atoms with Gasteiger partial charge < -0.3 is 14.7 Å². The van der Waals surface area contributed by atoms with Crippen molar-refractivity contribution in [1.29, 1.82) is 0 Å². The minimum absolute atomic E-state index is 0.104. The van der Waals surface area contributed by atoms with Gasteiger partial charge in [-0.3, -0.25) is 4.79 Å². The fourth-order valence-corrected chi connectivity index (χ4v) is 2.90. The highest BCUT2D eigenvalue weighted by molar-refractivity contribution is 5.87. The number of hydrogen-bond acceptors (Lipinski definition) is 3. The Hall–Kier alpha value is -2.82. The molecule has 0 saturated heterocycles. The van der Waals surface area contributed by atoms with Gasteiger partial charge in [0.1, 0.15) is 5.75 Å². The smallest absolute Gasteiger partial charge is 0.335 e. The van der Waals surface area contributed by atoms with Gasteiger partial charge in [0.2, 0.25) is 5.91 Å². The molecule has 0 unspecified atom stereocenters. The average Bonchev–Trinajstić information content (AvgIpc) is 3.03. The normalized spacial score (nSPS) is 12.8. The monoisotopic (exact) mass is 325 g/mol. The van der Waals surface area contributed by atoms with Crippen LogP contribution in [0.4, 0.5) is 0 Å². The van der Waals surface area contributed by atoms with Crippen molar-refractivity contribution in [3.05, 3.63) is 64.7 Å². The van der Waals surface area contributed by atoms with Crippen LogP contribution in [0.5, 0.6) is 5.75 Å². The zero-order chi connectivity index (χ0) is 17.1. The summed E-state index contributed by atoms with van der Waals surface area (Å²) in [6.45, 7) is 1.25. The summed E-state index contributed by atoms with van der Waals surface area (Å²) in [4.78, 5) is 25.1. The van der Waals surface area contributed by atoms with Crippen molar-refractivity contribution in [3.63, 3.8) is 0 Å². The van der Waals surface area contributed by atoms with Crippen molar-refractivity contribution in [2.75, 3.05) is 7.11 Å². The first-order valence-electron chi connectivity index (χ1n) is 7.82. The summed E-state index contributed by atoms with van der Waals surface area (Å²) in [7, 11) is 1.63. The maximum Gasteiger partial charge on any atom is 0.335 e. The summed E-state index contributed by atoms with van der Waals surface area (Å²) >= 11 is 0. The van der Waals surface area contributed by atoms with E-state index in [-0.39, 0.29) is 11.5 Å². The minimum atomic E-state index is -0.942. The number of carbonyl (C=O) groups excluding carboxylic acids is 1. The molecule has 1 amide bonds. The van der Waals surface area contributed by atoms with Crippen LogP contribution >= 0.6 is 0 Å². The molecule has 124 valence electrons. The summed E-state index contributed by atoms with van der Waals surface area (Å²) in [5.41, 5.74) is 3.52. The molecular formula is C19H19NO4. The molecule has 2 aromatic carbocycles. The molecular weight excluding hydrogens is 306 g/mol. The third-order valence-corrected chi connectivity index (χ3v) is 4.32. The fourth-order valence-electron chi connectivity index (χ4n) is 2.90. The molecule has 0 radical (unpaired) electrons. The Bertz CT molecular complexity index is 767. The van der Waals surface area contributed by atoms with E-state index in [9.17, 15) is 9.59 Å². The van der Waals surface area contributed by atoms with Crippen molar-refractivity contribution in [3.8, 4) is 5.75 Å². The Labute approximate surface area is 140 Å². The first kappa shape index (κ1) is 16.1. The maximum absolute atomic E-state index is 12.4. The number of amides is 1. The Balaban J connectivity index is 1.57. The van der Waals surface area contributed by atoms with Gasteiger partial charge >= 0.3 is 5.97 Å². The predicted molar refractivity (Wildman–Crippen MR) is 89.0 cm³/mol. The zero-order valence-corrected chi connectivity index (χ0v) is 13.5. The van der Waals surface area contributed by atoms with E-state index in [0.717, 1.165) is 22.4 Å². The number of aryl methyl sites for hydroxylation is 1. The quantitative estimate of drug-likeness (QED) is 0.918. The van der Waals surface area contributed by atoms with Crippen LogP contribution in [0, 0.1) is 0 Å². The van der Waals surface area contributed by atoms with Gasteiger partial charge in [-0.25, -0.2) is 4.79 Å². The molecule has 3 rings (SSSR count). The summed E-state index contributed by atoms with van der Waals surface area (Å²) in [5.74, 6) is -0.0306. The van der Waals surface area contributed by atoms with E-state index in [4.69, 9.17) is 9.84 Å². The number of benzene rings is 2. The van der Waals surface area contributed by atoms with Gasteiger partial charge in [-0.2, -0.15) is 0 Å². The molecule has 2 aromatic rings. The number of carbonyl (C=O) groups is 2. The fraction of sp³-hybridized carbons (Fsp3) is 0.263. The van der Waals surface area contributed by atoms with Gasteiger partial charge in [-0.15, -0.1) is 0 Å². The van der Waals surface area contributed by atoms with E-state index >= 15 is 0 Å². The molecule has 1 heterocycles. The number of carboxylic acid groups (broad SMARTS) is 1. The summed E-state index contributed by atoms with van der Waals surface area (Å²) in [5, 5.41) is 8.89. The summed E-state index contributed by atoms with van der Waals surface area (Å²) in [6, 6.07) is 12.6. The van der Waals surface area contributed by atoms with E-state index in [1.165, 1.54) is 0 Å². The number of rotatable bonds is 5. The number of nitrogens with zero attached hydrogens (tertiary/aromatic N) is 1. The van der Waals surface area contributed by atoms with E-state index in [1.807, 2.05) is 23.1 Å². The molecule has 1 aliphatic heterocycles. The molecule has 0 saturated carbocycles. The Kier molecular flexibility index (Phi) is 4.51. The van der Waals surface area contributed by atoms with Gasteiger partial charge in [0.25, 0.3) is 0 Å². The summed E-state index contributed by atoms with van der Waals surface area (Å²) in [6.07, 6.45) is 1.02. The predicted octanol–water partition coefficient (Wildman–Crippen LogP) is 2.87. The first-order valence-corrected chi connectivity index (χ1v) is 7.82. The van der Waals surface area contributed by atoms with Gasteiger partial charge in [0.05, 0.1) is 12.7 Å². The second kappa shape index (κ2) is 6.74. The molecule has 1 N–H and O–H groups in total. The summed E-state index contributed by atoms with van der Waals surface area (Å²) < 4.78 is 5.22. The molecule has 0 aromatic heterocycles.